The van der Waals surface area contributed by atoms with Crippen LogP contribution >= 0.6 is 34.8 Å². The zero-order chi connectivity index (χ0) is 23.6. The molecule has 172 valence electrons. The highest BCUT2D eigenvalue weighted by Gasteiger charge is 2.72. The summed E-state index contributed by atoms with van der Waals surface area (Å²) in [7, 11) is 0. The molecular weight excluding hydrogens is 507 g/mol. The van der Waals surface area contributed by atoms with Crippen molar-refractivity contribution < 1.29 is 31.4 Å². The molecule has 1 N–H and O–H groups in total. The molecule has 0 saturated heterocycles. The average molecular weight is 519 g/mol. The summed E-state index contributed by atoms with van der Waals surface area (Å²) in [5.74, 6) is 0.0384. The average Bonchev–Trinajstić information content (AvgIpc) is 3.07. The topological polar surface area (TPSA) is 41.3 Å². The molecule has 0 atom stereocenters. The number of aryl methyl sites for hydroxylation is 1. The van der Waals surface area contributed by atoms with Gasteiger partial charge in [-0.1, -0.05) is 40.9 Å². The first-order valence-corrected chi connectivity index (χ1v) is 10.2. The van der Waals surface area contributed by atoms with Gasteiger partial charge in [0.25, 0.3) is 5.60 Å². The van der Waals surface area contributed by atoms with Gasteiger partial charge in [-0.2, -0.15) is 26.3 Å². The zero-order valence-electron chi connectivity index (χ0n) is 15.7. The molecule has 4 nitrogen and oxygen atoms in total. The minimum Gasteiger partial charge on any atom is -0.369 e. The largest absolute Gasteiger partial charge is 0.430 e. The minimum atomic E-state index is -6.05. The highest BCUT2D eigenvalue weighted by molar-refractivity contribution is 6.36. The lowest BCUT2D eigenvalue weighted by Gasteiger charge is -2.34. The molecule has 13 heteroatoms. The van der Waals surface area contributed by atoms with Crippen molar-refractivity contribution in [2.24, 2.45) is 0 Å². The Morgan fingerprint density at radius 2 is 1.53 bits per heavy atom. The molecule has 0 fully saturated rings. The van der Waals surface area contributed by atoms with Crippen LogP contribution in [0, 0.1) is 0 Å². The minimum absolute atomic E-state index is 0.0384. The van der Waals surface area contributed by atoms with E-state index in [2.05, 4.69) is 4.98 Å². The van der Waals surface area contributed by atoms with Crippen molar-refractivity contribution in [1.82, 2.24) is 9.55 Å². The Kier molecular flexibility index (Phi) is 5.51. The maximum Gasteiger partial charge on any atom is 0.430 e. The van der Waals surface area contributed by atoms with Crippen LogP contribution in [0.15, 0.2) is 30.3 Å². The molecule has 0 unspecified atom stereocenters. The molecule has 2 aromatic carbocycles. The summed E-state index contributed by atoms with van der Waals surface area (Å²) in [6, 6.07) is 5.92. The van der Waals surface area contributed by atoms with E-state index < -0.39 is 29.0 Å². The van der Waals surface area contributed by atoms with Gasteiger partial charge in [0.05, 0.1) is 21.2 Å². The van der Waals surface area contributed by atoms with Crippen molar-refractivity contribution in [3.8, 4) is 0 Å². The first kappa shape index (κ1) is 23.3. The van der Waals surface area contributed by atoms with E-state index in [4.69, 9.17) is 34.8 Å². The molecule has 0 spiro atoms. The van der Waals surface area contributed by atoms with Gasteiger partial charge < -0.3 is 14.6 Å². The summed E-state index contributed by atoms with van der Waals surface area (Å²) in [6.45, 7) is 0.382. The van der Waals surface area contributed by atoms with Crippen LogP contribution in [0.3, 0.4) is 0 Å². The summed E-state index contributed by atoms with van der Waals surface area (Å²) in [4.78, 5) is 5.78. The number of aromatic nitrogens is 2. The SMILES string of the molecule is OC(c1ccc(Cl)c2nc3n(c12)CCCN3c1ccc(Cl)cc1Cl)(C(F)(F)F)C(F)(F)F. The predicted molar refractivity (Wildman–Crippen MR) is 109 cm³/mol. The summed E-state index contributed by atoms with van der Waals surface area (Å²) >= 11 is 18.3. The number of aliphatic hydroxyl groups is 1. The molecule has 3 aromatic rings. The summed E-state index contributed by atoms with van der Waals surface area (Å²) in [6.07, 6.45) is -11.8. The standard InChI is InChI=1S/C19H12Cl3F6N3O/c20-9-2-5-13(12(22)8-9)30-6-1-7-31-15-10(3-4-11(21)14(15)29-16(30)31)17(32,18(23,24)25)19(26,27)28/h2-5,8,32H,1,6-7H2. The molecule has 2 heterocycles. The van der Waals surface area contributed by atoms with Gasteiger partial charge in [0.2, 0.25) is 5.95 Å². The van der Waals surface area contributed by atoms with Gasteiger partial charge in [0.15, 0.2) is 0 Å². The fourth-order valence-electron chi connectivity index (χ4n) is 3.79. The van der Waals surface area contributed by atoms with Crippen molar-refractivity contribution >= 4 is 57.5 Å². The third-order valence-electron chi connectivity index (χ3n) is 5.24. The third-order valence-corrected chi connectivity index (χ3v) is 6.08. The van der Waals surface area contributed by atoms with Crippen LogP contribution in [0.4, 0.5) is 38.0 Å². The molecule has 0 radical (unpaired) electrons. The van der Waals surface area contributed by atoms with E-state index in [9.17, 15) is 31.4 Å². The van der Waals surface area contributed by atoms with Crippen molar-refractivity contribution in [1.29, 1.82) is 0 Å². The van der Waals surface area contributed by atoms with Crippen LogP contribution < -0.4 is 4.90 Å². The van der Waals surface area contributed by atoms with E-state index >= 15 is 0 Å². The molecule has 1 aliphatic rings. The number of benzene rings is 2. The van der Waals surface area contributed by atoms with Crippen LogP contribution in [-0.2, 0) is 12.1 Å². The highest BCUT2D eigenvalue weighted by Crippen LogP contribution is 2.53. The van der Waals surface area contributed by atoms with Crippen molar-refractivity contribution in [2.75, 3.05) is 11.4 Å². The number of hydrogen-bond acceptors (Lipinski definition) is 3. The van der Waals surface area contributed by atoms with E-state index in [1.54, 1.807) is 11.0 Å². The molecule has 1 aromatic heterocycles. The number of alkyl halides is 6. The summed E-state index contributed by atoms with van der Waals surface area (Å²) < 4.78 is 82.8. The molecule has 4 rings (SSSR count). The van der Waals surface area contributed by atoms with Gasteiger partial charge in [0, 0.05) is 23.7 Å². The molecule has 32 heavy (non-hydrogen) atoms. The Bertz CT molecular complexity index is 1190. The molecular formula is C19H12Cl3F6N3O. The Hall–Kier alpha value is -1.88. The van der Waals surface area contributed by atoms with E-state index in [0.717, 1.165) is 6.07 Å². The molecule has 1 aliphatic heterocycles. The Morgan fingerprint density at radius 1 is 0.875 bits per heavy atom. The van der Waals surface area contributed by atoms with Crippen molar-refractivity contribution in [2.45, 2.75) is 30.9 Å². The van der Waals surface area contributed by atoms with Gasteiger partial charge in [-0.3, -0.25) is 0 Å². The number of nitrogens with zero attached hydrogens (tertiary/aromatic N) is 3. The maximum absolute atomic E-state index is 13.6. The number of imidazole rings is 1. The second-order valence-corrected chi connectivity index (χ2v) is 8.41. The lowest BCUT2D eigenvalue weighted by Crippen LogP contribution is -2.54. The van der Waals surface area contributed by atoms with Crippen LogP contribution in [-0.4, -0.2) is 33.6 Å². The molecule has 0 saturated carbocycles. The smallest absolute Gasteiger partial charge is 0.369 e. The van der Waals surface area contributed by atoms with Crippen LogP contribution in [0.5, 0.6) is 0 Å². The van der Waals surface area contributed by atoms with Crippen LogP contribution in [0.1, 0.15) is 12.0 Å². The summed E-state index contributed by atoms with van der Waals surface area (Å²) in [5.41, 5.74) is -6.98. The number of anilines is 2. The highest BCUT2D eigenvalue weighted by atomic mass is 35.5. The normalized spacial score (nSPS) is 15.4. The van der Waals surface area contributed by atoms with Gasteiger partial charge >= 0.3 is 12.4 Å². The quantitative estimate of drug-likeness (QED) is 0.377. The zero-order valence-corrected chi connectivity index (χ0v) is 18.0. The Labute approximate surface area is 191 Å². The van der Waals surface area contributed by atoms with Crippen molar-refractivity contribution in [3.05, 3.63) is 51.0 Å². The summed E-state index contributed by atoms with van der Waals surface area (Å²) in [5, 5.41) is 10.4. The fourth-order valence-corrected chi connectivity index (χ4v) is 4.49. The molecule has 0 aliphatic carbocycles. The van der Waals surface area contributed by atoms with Crippen molar-refractivity contribution in [3.63, 3.8) is 0 Å². The third kappa shape index (κ3) is 3.39. The number of hydrogen-bond donors (Lipinski definition) is 1. The first-order chi connectivity index (χ1) is 14.8. The second-order valence-electron chi connectivity index (χ2n) is 7.16. The molecule has 0 bridgehead atoms. The Balaban J connectivity index is 2.03. The fraction of sp³-hybridized carbons (Fsp3) is 0.316. The van der Waals surface area contributed by atoms with E-state index in [0.29, 0.717) is 29.7 Å². The van der Waals surface area contributed by atoms with Gasteiger partial charge in [-0.05, 0) is 30.7 Å². The van der Waals surface area contributed by atoms with Crippen LogP contribution in [0.2, 0.25) is 15.1 Å². The van der Waals surface area contributed by atoms with Gasteiger partial charge in [-0.25, -0.2) is 4.98 Å². The Morgan fingerprint density at radius 3 is 2.12 bits per heavy atom. The first-order valence-electron chi connectivity index (χ1n) is 9.05. The number of rotatable bonds is 2. The monoisotopic (exact) mass is 517 g/mol. The molecule has 0 amide bonds. The van der Waals surface area contributed by atoms with E-state index in [-0.39, 0.29) is 28.1 Å². The van der Waals surface area contributed by atoms with E-state index in [1.165, 1.54) is 16.7 Å². The van der Waals surface area contributed by atoms with E-state index in [1.807, 2.05) is 0 Å². The second kappa shape index (κ2) is 7.58. The predicted octanol–water partition coefficient (Wildman–Crippen LogP) is 6.85. The lowest BCUT2D eigenvalue weighted by molar-refractivity contribution is -0.375. The number of fused-ring (bicyclic) bond motifs is 3. The van der Waals surface area contributed by atoms with Crippen LogP contribution in [0.25, 0.3) is 11.0 Å². The maximum atomic E-state index is 13.6. The van der Waals surface area contributed by atoms with Gasteiger partial charge in [0.1, 0.15) is 5.52 Å². The lowest BCUT2D eigenvalue weighted by atomic mass is 9.91. The van der Waals surface area contributed by atoms with Gasteiger partial charge in [-0.15, -0.1) is 0 Å². The number of halogens is 9.